The Morgan fingerprint density at radius 3 is 2.43 bits per heavy atom. The van der Waals surface area contributed by atoms with Crippen LogP contribution in [0.4, 0.5) is 0 Å². The second kappa shape index (κ2) is 12.9. The number of hydrogen-bond donors (Lipinski definition) is 2. The predicted molar refractivity (Wildman–Crippen MR) is 104 cm³/mol. The lowest BCUT2D eigenvalue weighted by atomic mass is 9.89. The summed E-state index contributed by atoms with van der Waals surface area (Å²) in [6.07, 6.45) is 9.80. The summed E-state index contributed by atoms with van der Waals surface area (Å²) in [4.78, 5) is 0. The normalized spacial score (nSPS) is 15.8. The number of hydrogen-bond acceptors (Lipinski definition) is 3. The van der Waals surface area contributed by atoms with Crippen LogP contribution in [0.3, 0.4) is 0 Å². The molecule has 130 valence electrons. The highest BCUT2D eigenvalue weighted by molar-refractivity contribution is 7.98. The summed E-state index contributed by atoms with van der Waals surface area (Å²) < 4.78 is 0. The molecule has 2 rings (SSSR count). The van der Waals surface area contributed by atoms with Crippen molar-refractivity contribution in [3.63, 3.8) is 0 Å². The van der Waals surface area contributed by atoms with Gasteiger partial charge in [-0.05, 0) is 69.1 Å². The molecule has 0 atom stereocenters. The molecule has 0 radical (unpaired) electrons. The Hall–Kier alpha value is -0.510. The lowest BCUT2D eigenvalue weighted by Crippen LogP contribution is -2.27. The molecule has 0 spiro atoms. The van der Waals surface area contributed by atoms with Crippen molar-refractivity contribution in [1.82, 2.24) is 10.6 Å². The maximum absolute atomic E-state index is 3.64. The Balaban J connectivity index is 1.30. The average Bonchev–Trinajstić information content (AvgIpc) is 2.61. The van der Waals surface area contributed by atoms with Crippen molar-refractivity contribution in [2.24, 2.45) is 5.92 Å². The van der Waals surface area contributed by atoms with Crippen LogP contribution in [0, 0.1) is 5.92 Å². The molecule has 1 aliphatic rings. The van der Waals surface area contributed by atoms with E-state index >= 15 is 0 Å². The van der Waals surface area contributed by atoms with Crippen molar-refractivity contribution in [2.45, 2.75) is 50.7 Å². The molecule has 0 amide bonds. The highest BCUT2D eigenvalue weighted by Crippen LogP contribution is 2.22. The van der Waals surface area contributed by atoms with E-state index in [1.54, 1.807) is 0 Å². The van der Waals surface area contributed by atoms with E-state index in [2.05, 4.69) is 41.0 Å². The molecule has 0 unspecified atom stereocenters. The van der Waals surface area contributed by atoms with E-state index in [4.69, 9.17) is 0 Å². The molecule has 1 aliphatic carbocycles. The number of nitrogens with one attached hydrogen (secondary N) is 2. The van der Waals surface area contributed by atoms with Gasteiger partial charge in [0.2, 0.25) is 0 Å². The van der Waals surface area contributed by atoms with E-state index < -0.39 is 0 Å². The largest absolute Gasteiger partial charge is 0.317 e. The fraction of sp³-hybridized carbons (Fsp3) is 0.700. The molecule has 1 saturated carbocycles. The van der Waals surface area contributed by atoms with Crippen molar-refractivity contribution < 1.29 is 0 Å². The van der Waals surface area contributed by atoms with E-state index in [0.29, 0.717) is 0 Å². The van der Waals surface area contributed by atoms with Gasteiger partial charge >= 0.3 is 0 Å². The van der Waals surface area contributed by atoms with E-state index in [1.807, 2.05) is 11.8 Å². The van der Waals surface area contributed by atoms with Gasteiger partial charge in [-0.2, -0.15) is 11.8 Å². The molecule has 23 heavy (non-hydrogen) atoms. The highest BCUT2D eigenvalue weighted by atomic mass is 32.2. The molecule has 2 N–H and O–H groups in total. The van der Waals surface area contributed by atoms with Crippen LogP contribution in [-0.4, -0.2) is 31.9 Å². The smallest absolute Gasteiger partial charge is 0.0184 e. The fourth-order valence-corrected chi connectivity index (χ4v) is 4.15. The molecule has 0 heterocycles. The minimum atomic E-state index is 0.957. The molecule has 0 saturated heterocycles. The minimum Gasteiger partial charge on any atom is -0.317 e. The van der Waals surface area contributed by atoms with E-state index in [1.165, 1.54) is 69.4 Å². The maximum Gasteiger partial charge on any atom is 0.0184 e. The average molecular weight is 335 g/mol. The van der Waals surface area contributed by atoms with Gasteiger partial charge in [-0.15, -0.1) is 0 Å². The monoisotopic (exact) mass is 334 g/mol. The summed E-state index contributed by atoms with van der Waals surface area (Å²) in [5.74, 6) is 3.35. The van der Waals surface area contributed by atoms with Gasteiger partial charge in [0.25, 0.3) is 0 Å². The Kier molecular flexibility index (Phi) is 10.5. The number of thioether (sulfide) groups is 1. The van der Waals surface area contributed by atoms with Gasteiger partial charge in [0.1, 0.15) is 0 Å². The van der Waals surface area contributed by atoms with Crippen molar-refractivity contribution in [2.75, 3.05) is 31.9 Å². The van der Waals surface area contributed by atoms with Gasteiger partial charge in [0.05, 0.1) is 0 Å². The first-order valence-corrected chi connectivity index (χ1v) is 10.6. The molecule has 0 aliphatic heterocycles. The van der Waals surface area contributed by atoms with Crippen molar-refractivity contribution >= 4 is 11.8 Å². The summed E-state index contributed by atoms with van der Waals surface area (Å²) in [5, 5.41) is 7.21. The molecule has 1 aromatic carbocycles. The first-order valence-electron chi connectivity index (χ1n) is 9.48. The van der Waals surface area contributed by atoms with E-state index in [9.17, 15) is 0 Å². The Morgan fingerprint density at radius 1 is 0.870 bits per heavy atom. The number of rotatable bonds is 12. The molecule has 3 heteroatoms. The van der Waals surface area contributed by atoms with Gasteiger partial charge in [-0.3, -0.25) is 0 Å². The molecule has 0 aromatic heterocycles. The van der Waals surface area contributed by atoms with Gasteiger partial charge in [-0.25, -0.2) is 0 Å². The second-order valence-corrected chi connectivity index (χ2v) is 7.81. The highest BCUT2D eigenvalue weighted by Gasteiger charge is 2.11. The Bertz CT molecular complexity index is 376. The molecule has 1 fully saturated rings. The van der Waals surface area contributed by atoms with Crippen molar-refractivity contribution in [3.05, 3.63) is 35.9 Å². The third-order valence-corrected chi connectivity index (χ3v) is 5.73. The van der Waals surface area contributed by atoms with Gasteiger partial charge in [0.15, 0.2) is 0 Å². The lowest BCUT2D eigenvalue weighted by Gasteiger charge is -2.21. The zero-order valence-electron chi connectivity index (χ0n) is 14.6. The molecule has 2 nitrogen and oxygen atoms in total. The zero-order chi connectivity index (χ0) is 16.0. The van der Waals surface area contributed by atoms with Crippen LogP contribution in [0.5, 0.6) is 0 Å². The van der Waals surface area contributed by atoms with Gasteiger partial charge in [0, 0.05) is 5.75 Å². The summed E-state index contributed by atoms with van der Waals surface area (Å²) in [6.45, 7) is 4.73. The third-order valence-electron chi connectivity index (χ3n) is 4.62. The van der Waals surface area contributed by atoms with Crippen LogP contribution in [0.15, 0.2) is 30.3 Å². The number of benzene rings is 1. The Morgan fingerprint density at radius 2 is 1.61 bits per heavy atom. The fourth-order valence-electron chi connectivity index (χ4n) is 3.22. The van der Waals surface area contributed by atoms with E-state index in [-0.39, 0.29) is 0 Å². The third kappa shape index (κ3) is 9.39. The standard InChI is InChI=1S/C20H34N2S/c1-3-9-19(10-4-1)17-22-14-7-13-21-15-8-16-23-18-20-11-5-2-6-12-20/h2,5-6,11-12,19,21-22H,1,3-4,7-10,13-18H2. The maximum atomic E-state index is 3.64. The molecular weight excluding hydrogens is 300 g/mol. The first kappa shape index (κ1) is 18.8. The summed E-state index contributed by atoms with van der Waals surface area (Å²) in [5.41, 5.74) is 1.44. The van der Waals surface area contributed by atoms with Crippen LogP contribution in [0.2, 0.25) is 0 Å². The predicted octanol–water partition coefficient (Wildman–Crippen LogP) is 4.46. The zero-order valence-corrected chi connectivity index (χ0v) is 15.4. The summed E-state index contributed by atoms with van der Waals surface area (Å²) in [6, 6.07) is 10.8. The van der Waals surface area contributed by atoms with Crippen molar-refractivity contribution in [3.8, 4) is 0 Å². The first-order chi connectivity index (χ1) is 11.4. The van der Waals surface area contributed by atoms with E-state index in [0.717, 1.165) is 24.8 Å². The summed E-state index contributed by atoms with van der Waals surface area (Å²) >= 11 is 2.04. The minimum absolute atomic E-state index is 0.957. The van der Waals surface area contributed by atoms with Crippen molar-refractivity contribution in [1.29, 1.82) is 0 Å². The lowest BCUT2D eigenvalue weighted by molar-refractivity contribution is 0.342. The molecule has 0 bridgehead atoms. The van der Waals surface area contributed by atoms with Crippen LogP contribution in [0.1, 0.15) is 50.5 Å². The second-order valence-electron chi connectivity index (χ2n) is 6.70. The van der Waals surface area contributed by atoms with Gasteiger partial charge < -0.3 is 10.6 Å². The quantitative estimate of drug-likeness (QED) is 0.552. The summed E-state index contributed by atoms with van der Waals surface area (Å²) in [7, 11) is 0. The van der Waals surface area contributed by atoms with Gasteiger partial charge in [-0.1, -0.05) is 49.6 Å². The topological polar surface area (TPSA) is 24.1 Å². The van der Waals surface area contributed by atoms with Crippen LogP contribution < -0.4 is 10.6 Å². The van der Waals surface area contributed by atoms with Crippen LogP contribution >= 0.6 is 11.8 Å². The Labute approximate surface area is 147 Å². The van der Waals surface area contributed by atoms with Crippen LogP contribution in [0.25, 0.3) is 0 Å². The molecule has 1 aromatic rings. The van der Waals surface area contributed by atoms with Crippen LogP contribution in [-0.2, 0) is 5.75 Å². The molecular formula is C20H34N2S. The SMILES string of the molecule is c1ccc(CSCCCNCCCNCC2CCCCC2)cc1.